The molecular formula is C6H12N2O2. The van der Waals surface area contributed by atoms with Crippen LogP contribution >= 0.6 is 0 Å². The number of carbonyl (C=O) groups is 2. The number of amides is 1. The molecule has 0 radical (unpaired) electrons. The van der Waals surface area contributed by atoms with Crippen LogP contribution in [-0.4, -0.2) is 24.9 Å². The summed E-state index contributed by atoms with van der Waals surface area (Å²) in [5.74, 6) is 0.0627. The molecule has 0 bridgehead atoms. The summed E-state index contributed by atoms with van der Waals surface area (Å²) in [4.78, 5) is 20.3. The average molecular weight is 144 g/mol. The third-order valence-electron chi connectivity index (χ3n) is 1.20. The summed E-state index contributed by atoms with van der Waals surface area (Å²) in [5, 5.41) is 5.18. The SMILES string of the molecule is CC(=O)C(C)NCNC=O. The lowest BCUT2D eigenvalue weighted by molar-refractivity contribution is -0.119. The number of nitrogens with one attached hydrogen (secondary N) is 2. The van der Waals surface area contributed by atoms with Crippen molar-refractivity contribution in [2.24, 2.45) is 0 Å². The topological polar surface area (TPSA) is 58.2 Å². The highest BCUT2D eigenvalue weighted by atomic mass is 16.1. The first-order valence-electron chi connectivity index (χ1n) is 3.09. The highest BCUT2D eigenvalue weighted by molar-refractivity contribution is 5.80. The van der Waals surface area contributed by atoms with Gasteiger partial charge in [0.25, 0.3) is 0 Å². The summed E-state index contributed by atoms with van der Waals surface area (Å²) < 4.78 is 0. The smallest absolute Gasteiger partial charge is 0.208 e. The lowest BCUT2D eigenvalue weighted by Crippen LogP contribution is -2.38. The molecule has 0 aliphatic carbocycles. The third kappa shape index (κ3) is 4.03. The Morgan fingerprint density at radius 2 is 2.30 bits per heavy atom. The molecule has 1 atom stereocenters. The van der Waals surface area contributed by atoms with Crippen molar-refractivity contribution in [1.29, 1.82) is 0 Å². The number of hydrogen-bond donors (Lipinski definition) is 2. The summed E-state index contributed by atoms with van der Waals surface area (Å²) in [6.45, 7) is 3.58. The molecule has 0 aromatic carbocycles. The van der Waals surface area contributed by atoms with Gasteiger partial charge < -0.3 is 5.32 Å². The second-order valence-electron chi connectivity index (χ2n) is 2.04. The van der Waals surface area contributed by atoms with Crippen LogP contribution in [0.15, 0.2) is 0 Å². The maximum atomic E-state index is 10.6. The summed E-state index contributed by atoms with van der Waals surface area (Å²) in [7, 11) is 0. The number of carbonyl (C=O) groups excluding carboxylic acids is 2. The molecule has 0 aliphatic heterocycles. The maximum absolute atomic E-state index is 10.6. The number of Topliss-reactive ketones (excluding diaryl/α,β-unsaturated/α-hetero) is 1. The zero-order valence-electron chi connectivity index (χ0n) is 6.18. The van der Waals surface area contributed by atoms with Crippen LogP contribution in [0.4, 0.5) is 0 Å². The standard InChI is InChI=1S/C6H12N2O2/c1-5(6(2)10)8-3-7-4-9/h4-5,8H,3H2,1-2H3,(H,7,9). The van der Waals surface area contributed by atoms with Gasteiger partial charge >= 0.3 is 0 Å². The Bertz CT molecular complexity index is 125. The predicted molar refractivity (Wildman–Crippen MR) is 37.3 cm³/mol. The molecule has 0 saturated carbocycles. The predicted octanol–water partition coefficient (Wildman–Crippen LogP) is -0.743. The van der Waals surface area contributed by atoms with Crippen molar-refractivity contribution in [1.82, 2.24) is 10.6 Å². The van der Waals surface area contributed by atoms with Gasteiger partial charge in [-0.1, -0.05) is 0 Å². The van der Waals surface area contributed by atoms with Crippen molar-refractivity contribution in [2.45, 2.75) is 19.9 Å². The molecule has 4 heteroatoms. The molecule has 0 fully saturated rings. The number of ketones is 1. The molecule has 0 heterocycles. The summed E-state index contributed by atoms with van der Waals surface area (Å²) in [6, 6.07) is -0.188. The quantitative estimate of drug-likeness (QED) is 0.303. The van der Waals surface area contributed by atoms with Crippen molar-refractivity contribution in [3.63, 3.8) is 0 Å². The van der Waals surface area contributed by atoms with Gasteiger partial charge in [0.15, 0.2) is 0 Å². The molecule has 0 aromatic rings. The van der Waals surface area contributed by atoms with Crippen molar-refractivity contribution >= 4 is 12.2 Å². The second-order valence-corrected chi connectivity index (χ2v) is 2.04. The summed E-state index contributed by atoms with van der Waals surface area (Å²) in [6.07, 6.45) is 0.583. The Labute approximate surface area is 60.0 Å². The van der Waals surface area contributed by atoms with Crippen LogP contribution in [0.1, 0.15) is 13.8 Å². The van der Waals surface area contributed by atoms with Gasteiger partial charge in [-0.3, -0.25) is 14.9 Å². The Balaban J connectivity index is 3.30. The minimum Gasteiger partial charge on any atom is -0.346 e. The molecule has 1 unspecified atom stereocenters. The molecule has 2 N–H and O–H groups in total. The van der Waals surface area contributed by atoms with E-state index >= 15 is 0 Å². The van der Waals surface area contributed by atoms with E-state index in [0.29, 0.717) is 13.1 Å². The molecule has 0 saturated heterocycles. The van der Waals surface area contributed by atoms with Gasteiger partial charge in [-0.25, -0.2) is 0 Å². The fourth-order valence-corrected chi connectivity index (χ4v) is 0.397. The molecule has 0 aliphatic rings. The van der Waals surface area contributed by atoms with Gasteiger partial charge in [-0.15, -0.1) is 0 Å². The first-order valence-corrected chi connectivity index (χ1v) is 3.09. The van der Waals surface area contributed by atoms with Crippen molar-refractivity contribution in [3.8, 4) is 0 Å². The van der Waals surface area contributed by atoms with E-state index in [9.17, 15) is 9.59 Å². The van der Waals surface area contributed by atoms with Gasteiger partial charge in [0.2, 0.25) is 6.41 Å². The van der Waals surface area contributed by atoms with Crippen LogP contribution in [0.25, 0.3) is 0 Å². The average Bonchev–Trinajstić information content (AvgIpc) is 1.88. The molecule has 1 amide bonds. The molecule has 10 heavy (non-hydrogen) atoms. The third-order valence-corrected chi connectivity index (χ3v) is 1.20. The van der Waals surface area contributed by atoms with Crippen LogP contribution in [0.2, 0.25) is 0 Å². The monoisotopic (exact) mass is 144 g/mol. The van der Waals surface area contributed by atoms with Gasteiger partial charge in [0.1, 0.15) is 5.78 Å². The van der Waals surface area contributed by atoms with Crippen molar-refractivity contribution in [2.75, 3.05) is 6.67 Å². The highest BCUT2D eigenvalue weighted by Crippen LogP contribution is 1.79. The van der Waals surface area contributed by atoms with Crippen LogP contribution in [0, 0.1) is 0 Å². The zero-order valence-corrected chi connectivity index (χ0v) is 6.18. The van der Waals surface area contributed by atoms with Gasteiger partial charge in [-0.05, 0) is 13.8 Å². The van der Waals surface area contributed by atoms with Crippen LogP contribution < -0.4 is 10.6 Å². The second kappa shape index (κ2) is 4.93. The van der Waals surface area contributed by atoms with E-state index in [1.54, 1.807) is 6.92 Å². The lowest BCUT2D eigenvalue weighted by Gasteiger charge is -2.08. The first-order chi connectivity index (χ1) is 4.68. The highest BCUT2D eigenvalue weighted by Gasteiger charge is 2.03. The Hall–Kier alpha value is -0.900. The van der Waals surface area contributed by atoms with Crippen LogP contribution in [0.3, 0.4) is 0 Å². The van der Waals surface area contributed by atoms with Crippen LogP contribution in [0.5, 0.6) is 0 Å². The lowest BCUT2D eigenvalue weighted by atomic mass is 10.2. The molecule has 0 aromatic heterocycles. The van der Waals surface area contributed by atoms with Gasteiger partial charge in [0, 0.05) is 0 Å². The van der Waals surface area contributed by atoms with Crippen LogP contribution in [-0.2, 0) is 9.59 Å². The fraction of sp³-hybridized carbons (Fsp3) is 0.667. The van der Waals surface area contributed by atoms with E-state index in [0.717, 1.165) is 0 Å². The number of hydrogen-bond acceptors (Lipinski definition) is 3. The normalized spacial score (nSPS) is 12.2. The van der Waals surface area contributed by atoms with E-state index in [4.69, 9.17) is 0 Å². The largest absolute Gasteiger partial charge is 0.346 e. The number of rotatable bonds is 5. The van der Waals surface area contributed by atoms with Crippen molar-refractivity contribution in [3.05, 3.63) is 0 Å². The van der Waals surface area contributed by atoms with E-state index in [-0.39, 0.29) is 11.8 Å². The molecule has 0 spiro atoms. The minimum atomic E-state index is -0.188. The summed E-state index contributed by atoms with van der Waals surface area (Å²) in [5.41, 5.74) is 0. The van der Waals surface area contributed by atoms with E-state index in [1.807, 2.05) is 0 Å². The first kappa shape index (κ1) is 9.10. The molecular weight excluding hydrogens is 132 g/mol. The van der Waals surface area contributed by atoms with Crippen molar-refractivity contribution < 1.29 is 9.59 Å². The summed E-state index contributed by atoms with van der Waals surface area (Å²) >= 11 is 0. The Morgan fingerprint density at radius 3 is 2.70 bits per heavy atom. The Kier molecular flexibility index (Phi) is 4.49. The van der Waals surface area contributed by atoms with Gasteiger partial charge in [-0.2, -0.15) is 0 Å². The Morgan fingerprint density at radius 1 is 1.70 bits per heavy atom. The maximum Gasteiger partial charge on any atom is 0.208 e. The molecule has 0 rings (SSSR count). The van der Waals surface area contributed by atoms with Gasteiger partial charge in [0.05, 0.1) is 12.7 Å². The fourth-order valence-electron chi connectivity index (χ4n) is 0.397. The zero-order chi connectivity index (χ0) is 7.98. The molecule has 58 valence electrons. The van der Waals surface area contributed by atoms with E-state index in [1.165, 1.54) is 6.92 Å². The van der Waals surface area contributed by atoms with E-state index in [2.05, 4.69) is 10.6 Å². The minimum absolute atomic E-state index is 0.0627. The van der Waals surface area contributed by atoms with E-state index < -0.39 is 0 Å². The molecule has 4 nitrogen and oxygen atoms in total.